The Kier molecular flexibility index (Phi) is 10.2. The number of carbonyl (C=O) groups excluding carboxylic acids is 1. The molecule has 0 aromatic carbocycles. The van der Waals surface area contributed by atoms with E-state index in [2.05, 4.69) is 0 Å². The number of piperidine rings is 1. The highest BCUT2D eigenvalue weighted by Gasteiger charge is 2.27. The summed E-state index contributed by atoms with van der Waals surface area (Å²) >= 11 is 0. The van der Waals surface area contributed by atoms with Crippen LogP contribution in [0.4, 0.5) is 0 Å². The summed E-state index contributed by atoms with van der Waals surface area (Å²) in [7, 11) is 1.70. The van der Waals surface area contributed by atoms with Crippen LogP contribution in [0.25, 0.3) is 0 Å². The summed E-state index contributed by atoms with van der Waals surface area (Å²) in [6, 6.07) is -0.376. The molecule has 1 aliphatic heterocycles. The number of amides is 1. The molecule has 1 atom stereocenters. The normalized spacial score (nSPS) is 17.9. The second-order valence-corrected chi connectivity index (χ2v) is 5.51. The van der Waals surface area contributed by atoms with Crippen LogP contribution in [0.15, 0.2) is 0 Å². The molecular formula is C14H29ClN2O3. The van der Waals surface area contributed by atoms with Crippen molar-refractivity contribution in [3.05, 3.63) is 0 Å². The molecule has 1 rings (SSSR count). The van der Waals surface area contributed by atoms with Gasteiger partial charge in [0.15, 0.2) is 0 Å². The number of carbonyl (C=O) groups is 1. The number of ether oxygens (including phenoxy) is 2. The highest BCUT2D eigenvalue weighted by molar-refractivity contribution is 5.85. The van der Waals surface area contributed by atoms with Gasteiger partial charge in [0.25, 0.3) is 0 Å². The molecule has 2 N–H and O–H groups in total. The molecule has 0 unspecified atom stereocenters. The third kappa shape index (κ3) is 6.39. The topological polar surface area (TPSA) is 64.8 Å². The zero-order valence-corrected chi connectivity index (χ0v) is 13.7. The van der Waals surface area contributed by atoms with E-state index in [1.165, 1.54) is 0 Å². The van der Waals surface area contributed by atoms with Crippen molar-refractivity contribution < 1.29 is 14.3 Å². The average Bonchev–Trinajstić information content (AvgIpc) is 2.42. The Balaban J connectivity index is 0.00000361. The van der Waals surface area contributed by atoms with Crippen LogP contribution in [0, 0.1) is 5.92 Å². The van der Waals surface area contributed by atoms with Crippen LogP contribution >= 0.6 is 12.4 Å². The van der Waals surface area contributed by atoms with E-state index >= 15 is 0 Å². The fourth-order valence-corrected chi connectivity index (χ4v) is 2.19. The molecule has 1 fully saturated rings. The first kappa shape index (κ1) is 19.6. The molecule has 1 amide bonds. The van der Waals surface area contributed by atoms with E-state index in [1.807, 2.05) is 18.7 Å². The van der Waals surface area contributed by atoms with Gasteiger partial charge in [0, 0.05) is 33.4 Å². The molecule has 0 aliphatic carbocycles. The molecule has 5 nitrogen and oxygen atoms in total. The SMILES string of the molecule is COCCCOC1CCN(C(=O)[C@@H](N)C(C)C)CC1.Cl. The lowest BCUT2D eigenvalue weighted by Crippen LogP contribution is -2.50. The van der Waals surface area contributed by atoms with Gasteiger partial charge in [-0.25, -0.2) is 0 Å². The zero-order valence-electron chi connectivity index (χ0n) is 12.8. The Morgan fingerprint density at radius 3 is 2.40 bits per heavy atom. The first-order valence-corrected chi connectivity index (χ1v) is 7.21. The first-order valence-electron chi connectivity index (χ1n) is 7.21. The molecule has 0 saturated carbocycles. The molecule has 0 radical (unpaired) electrons. The third-order valence-corrected chi connectivity index (χ3v) is 3.60. The van der Waals surface area contributed by atoms with Gasteiger partial charge >= 0.3 is 0 Å². The van der Waals surface area contributed by atoms with Gasteiger partial charge in [-0.2, -0.15) is 0 Å². The van der Waals surface area contributed by atoms with Crippen molar-refractivity contribution in [2.75, 3.05) is 33.4 Å². The minimum absolute atomic E-state index is 0. The van der Waals surface area contributed by atoms with Gasteiger partial charge in [-0.3, -0.25) is 4.79 Å². The Hall–Kier alpha value is -0.360. The van der Waals surface area contributed by atoms with Crippen LogP contribution in [0.1, 0.15) is 33.1 Å². The summed E-state index contributed by atoms with van der Waals surface area (Å²) in [6.45, 7) is 6.95. The monoisotopic (exact) mass is 308 g/mol. The van der Waals surface area contributed by atoms with Crippen LogP contribution in [0.3, 0.4) is 0 Å². The van der Waals surface area contributed by atoms with E-state index in [4.69, 9.17) is 15.2 Å². The van der Waals surface area contributed by atoms with Crippen LogP contribution < -0.4 is 5.73 Å². The fraction of sp³-hybridized carbons (Fsp3) is 0.929. The lowest BCUT2D eigenvalue weighted by atomic mass is 10.0. The second-order valence-electron chi connectivity index (χ2n) is 5.51. The van der Waals surface area contributed by atoms with Crippen molar-refractivity contribution in [3.8, 4) is 0 Å². The molecule has 0 bridgehead atoms. The van der Waals surface area contributed by atoms with Crippen LogP contribution in [0.5, 0.6) is 0 Å². The van der Waals surface area contributed by atoms with E-state index in [-0.39, 0.29) is 36.4 Å². The summed E-state index contributed by atoms with van der Waals surface area (Å²) in [4.78, 5) is 14.0. The van der Waals surface area contributed by atoms with Gasteiger partial charge in [0.1, 0.15) is 0 Å². The maximum atomic E-state index is 12.1. The number of rotatable bonds is 7. The summed E-state index contributed by atoms with van der Waals surface area (Å²) in [6.07, 6.45) is 3.01. The van der Waals surface area contributed by atoms with E-state index in [0.717, 1.165) is 45.6 Å². The van der Waals surface area contributed by atoms with Crippen molar-refractivity contribution in [1.82, 2.24) is 4.90 Å². The number of methoxy groups -OCH3 is 1. The molecule has 0 aromatic rings. The molecular weight excluding hydrogens is 280 g/mol. The zero-order chi connectivity index (χ0) is 14.3. The molecule has 1 heterocycles. The van der Waals surface area contributed by atoms with Crippen molar-refractivity contribution in [3.63, 3.8) is 0 Å². The van der Waals surface area contributed by atoms with Gasteiger partial charge in [-0.1, -0.05) is 13.8 Å². The van der Waals surface area contributed by atoms with Crippen molar-refractivity contribution >= 4 is 18.3 Å². The largest absolute Gasteiger partial charge is 0.385 e. The van der Waals surface area contributed by atoms with Crippen molar-refractivity contribution in [2.24, 2.45) is 11.7 Å². The Morgan fingerprint density at radius 1 is 1.30 bits per heavy atom. The molecule has 120 valence electrons. The van der Waals surface area contributed by atoms with E-state index in [1.54, 1.807) is 7.11 Å². The number of hydrogen-bond donors (Lipinski definition) is 1. The average molecular weight is 309 g/mol. The smallest absolute Gasteiger partial charge is 0.239 e. The highest BCUT2D eigenvalue weighted by atomic mass is 35.5. The predicted octanol–water partition coefficient (Wildman–Crippen LogP) is 1.44. The standard InChI is InChI=1S/C14H28N2O3.ClH/c1-11(2)13(15)14(17)16-7-5-12(6-8-16)19-10-4-9-18-3;/h11-13H,4-10,15H2,1-3H3;1H/t13-;/m0./s1. The van der Waals surface area contributed by atoms with Crippen LogP contribution in [-0.4, -0.2) is 56.4 Å². The third-order valence-electron chi connectivity index (χ3n) is 3.60. The molecule has 20 heavy (non-hydrogen) atoms. The number of hydrogen-bond acceptors (Lipinski definition) is 4. The first-order chi connectivity index (χ1) is 9.06. The molecule has 6 heteroatoms. The van der Waals surface area contributed by atoms with E-state index in [0.29, 0.717) is 0 Å². The number of nitrogens with two attached hydrogens (primary N) is 1. The molecule has 0 spiro atoms. The van der Waals surface area contributed by atoms with Crippen molar-refractivity contribution in [1.29, 1.82) is 0 Å². The van der Waals surface area contributed by atoms with Gasteiger partial charge < -0.3 is 20.1 Å². The van der Waals surface area contributed by atoms with Crippen molar-refractivity contribution in [2.45, 2.75) is 45.3 Å². The maximum absolute atomic E-state index is 12.1. The van der Waals surface area contributed by atoms with E-state index < -0.39 is 0 Å². The van der Waals surface area contributed by atoms with Gasteiger partial charge in [-0.15, -0.1) is 12.4 Å². The summed E-state index contributed by atoms with van der Waals surface area (Å²) in [5.41, 5.74) is 5.90. The highest BCUT2D eigenvalue weighted by Crippen LogP contribution is 2.16. The minimum atomic E-state index is -0.376. The molecule has 1 aliphatic rings. The Labute approximate surface area is 128 Å². The molecule has 0 aromatic heterocycles. The van der Waals surface area contributed by atoms with Gasteiger partial charge in [0.2, 0.25) is 5.91 Å². The number of likely N-dealkylation sites (tertiary alicyclic amines) is 1. The predicted molar refractivity (Wildman–Crippen MR) is 82.1 cm³/mol. The quantitative estimate of drug-likeness (QED) is 0.723. The van der Waals surface area contributed by atoms with Gasteiger partial charge in [-0.05, 0) is 25.2 Å². The fourth-order valence-electron chi connectivity index (χ4n) is 2.19. The summed E-state index contributed by atoms with van der Waals surface area (Å²) < 4.78 is 10.8. The van der Waals surface area contributed by atoms with Crippen LogP contribution in [-0.2, 0) is 14.3 Å². The van der Waals surface area contributed by atoms with Gasteiger partial charge in [0.05, 0.1) is 12.1 Å². The van der Waals surface area contributed by atoms with E-state index in [9.17, 15) is 4.79 Å². The number of nitrogens with zero attached hydrogens (tertiary/aromatic N) is 1. The lowest BCUT2D eigenvalue weighted by Gasteiger charge is -2.34. The lowest BCUT2D eigenvalue weighted by molar-refractivity contribution is -0.136. The molecule has 1 saturated heterocycles. The Morgan fingerprint density at radius 2 is 1.90 bits per heavy atom. The maximum Gasteiger partial charge on any atom is 0.239 e. The minimum Gasteiger partial charge on any atom is -0.385 e. The summed E-state index contributed by atoms with van der Waals surface area (Å²) in [5, 5.41) is 0. The van der Waals surface area contributed by atoms with Crippen LogP contribution in [0.2, 0.25) is 0 Å². The summed E-state index contributed by atoms with van der Waals surface area (Å²) in [5.74, 6) is 0.267. The number of halogens is 1. The Bertz CT molecular complexity index is 269. The second kappa shape index (κ2) is 10.4.